The number of Topliss-reactive ketones (excluding diaryl/α,β-unsaturated/α-hetero) is 1. The number of rotatable bonds is 6. The van der Waals surface area contributed by atoms with Crippen LogP contribution in [0.3, 0.4) is 0 Å². The second-order valence-electron chi connectivity index (χ2n) is 6.20. The Hall–Kier alpha value is -2.40. The summed E-state index contributed by atoms with van der Waals surface area (Å²) < 4.78 is 5.33. The second-order valence-corrected chi connectivity index (χ2v) is 6.20. The number of amides is 1. The number of aliphatic hydroxyl groups is 1. The van der Waals surface area contributed by atoms with Crippen LogP contribution in [0.2, 0.25) is 0 Å². The molecule has 1 atom stereocenters. The maximum atomic E-state index is 12.9. The van der Waals surface area contributed by atoms with Gasteiger partial charge in [0.2, 0.25) is 5.78 Å². The Kier molecular flexibility index (Phi) is 4.28. The highest BCUT2D eigenvalue weighted by Crippen LogP contribution is 2.42. The molecular formula is C19H21NO4. The third kappa shape index (κ3) is 2.65. The normalized spacial score (nSPS) is 19.6. The first kappa shape index (κ1) is 16.5. The first-order chi connectivity index (χ1) is 11.5. The highest BCUT2D eigenvalue weighted by Gasteiger charge is 2.50. The maximum Gasteiger partial charge on any atom is 0.264 e. The van der Waals surface area contributed by atoms with Gasteiger partial charge in [0.25, 0.3) is 5.91 Å². The standard InChI is InChI=1S/C19H21NO4/c1-3-4-11-20-15-8-6-5-7-14(15)19(23,18(20)22)12-16(21)17-10-9-13(2)24-17/h5-10,23H,3-4,11-12H2,1-2H3/t19-/m1/s1. The van der Waals surface area contributed by atoms with Gasteiger partial charge in [-0.2, -0.15) is 0 Å². The Morgan fingerprint density at radius 3 is 2.67 bits per heavy atom. The molecule has 126 valence electrons. The monoisotopic (exact) mass is 327 g/mol. The SMILES string of the molecule is CCCCN1C(=O)[C@@](O)(CC(=O)c2ccc(C)o2)c2ccccc21. The number of unbranched alkanes of at least 4 members (excludes halogenated alkanes) is 1. The number of furan rings is 1. The second kappa shape index (κ2) is 6.24. The van der Waals surface area contributed by atoms with E-state index in [0.717, 1.165) is 12.8 Å². The Morgan fingerprint density at radius 1 is 1.25 bits per heavy atom. The number of ketones is 1. The van der Waals surface area contributed by atoms with Crippen molar-refractivity contribution in [3.05, 3.63) is 53.5 Å². The summed E-state index contributed by atoms with van der Waals surface area (Å²) in [6, 6.07) is 10.4. The molecule has 0 aliphatic carbocycles. The molecule has 0 saturated carbocycles. The molecule has 3 rings (SSSR count). The quantitative estimate of drug-likeness (QED) is 0.827. The number of carbonyl (C=O) groups is 2. The van der Waals surface area contributed by atoms with E-state index in [-0.39, 0.29) is 18.0 Å². The number of aryl methyl sites for hydroxylation is 1. The van der Waals surface area contributed by atoms with Gasteiger partial charge in [-0.25, -0.2) is 0 Å². The van der Waals surface area contributed by atoms with E-state index < -0.39 is 11.5 Å². The van der Waals surface area contributed by atoms with E-state index in [1.807, 2.05) is 19.1 Å². The highest BCUT2D eigenvalue weighted by molar-refractivity contribution is 6.10. The molecule has 0 bridgehead atoms. The smallest absolute Gasteiger partial charge is 0.264 e. The molecule has 1 aromatic carbocycles. The minimum absolute atomic E-state index is 0.165. The fourth-order valence-electron chi connectivity index (χ4n) is 3.12. The number of benzene rings is 1. The summed E-state index contributed by atoms with van der Waals surface area (Å²) in [5.41, 5.74) is -0.660. The molecule has 24 heavy (non-hydrogen) atoms. The lowest BCUT2D eigenvalue weighted by Crippen LogP contribution is -2.42. The Morgan fingerprint density at radius 2 is 2.00 bits per heavy atom. The van der Waals surface area contributed by atoms with E-state index in [4.69, 9.17) is 4.42 Å². The van der Waals surface area contributed by atoms with Crippen molar-refractivity contribution in [3.63, 3.8) is 0 Å². The number of fused-ring (bicyclic) bond motifs is 1. The van der Waals surface area contributed by atoms with Gasteiger partial charge in [0.1, 0.15) is 5.76 Å². The summed E-state index contributed by atoms with van der Waals surface area (Å²) in [4.78, 5) is 26.9. The molecule has 2 heterocycles. The van der Waals surface area contributed by atoms with E-state index in [9.17, 15) is 14.7 Å². The van der Waals surface area contributed by atoms with Crippen LogP contribution in [0.5, 0.6) is 0 Å². The molecule has 1 aromatic heterocycles. The Balaban J connectivity index is 1.93. The van der Waals surface area contributed by atoms with Crippen LogP contribution in [0.25, 0.3) is 0 Å². The van der Waals surface area contributed by atoms with E-state index in [1.54, 1.807) is 36.1 Å². The summed E-state index contributed by atoms with van der Waals surface area (Å²) in [7, 11) is 0. The van der Waals surface area contributed by atoms with Gasteiger partial charge in [-0.15, -0.1) is 0 Å². The van der Waals surface area contributed by atoms with Crippen molar-refractivity contribution in [2.45, 2.75) is 38.7 Å². The van der Waals surface area contributed by atoms with Crippen molar-refractivity contribution in [1.82, 2.24) is 0 Å². The van der Waals surface area contributed by atoms with Crippen molar-refractivity contribution in [2.75, 3.05) is 11.4 Å². The van der Waals surface area contributed by atoms with E-state index in [0.29, 0.717) is 23.6 Å². The van der Waals surface area contributed by atoms with Crippen molar-refractivity contribution in [2.24, 2.45) is 0 Å². The zero-order chi connectivity index (χ0) is 17.3. The summed E-state index contributed by atoms with van der Waals surface area (Å²) >= 11 is 0. The van der Waals surface area contributed by atoms with E-state index in [1.165, 1.54) is 0 Å². The molecule has 5 nitrogen and oxygen atoms in total. The summed E-state index contributed by atoms with van der Waals surface area (Å²) in [6.45, 7) is 4.32. The van der Waals surface area contributed by atoms with Gasteiger partial charge in [0.05, 0.1) is 12.1 Å². The van der Waals surface area contributed by atoms with Crippen molar-refractivity contribution in [1.29, 1.82) is 0 Å². The molecule has 0 spiro atoms. The molecule has 2 aromatic rings. The number of nitrogens with zero attached hydrogens (tertiary/aromatic N) is 1. The average Bonchev–Trinajstić information content (AvgIpc) is 3.09. The molecule has 5 heteroatoms. The summed E-state index contributed by atoms with van der Waals surface area (Å²) in [5, 5.41) is 11.1. The minimum Gasteiger partial charge on any atom is -0.458 e. The topological polar surface area (TPSA) is 70.8 Å². The van der Waals surface area contributed by atoms with Crippen molar-refractivity contribution >= 4 is 17.4 Å². The molecule has 0 fully saturated rings. The molecule has 1 aliphatic rings. The Labute approximate surface area is 140 Å². The molecule has 1 amide bonds. The first-order valence-corrected chi connectivity index (χ1v) is 8.21. The number of anilines is 1. The Bertz CT molecular complexity index is 779. The van der Waals surface area contributed by atoms with Gasteiger partial charge in [-0.05, 0) is 31.5 Å². The van der Waals surface area contributed by atoms with Crippen LogP contribution in [0.1, 0.15) is 48.1 Å². The third-order valence-electron chi connectivity index (χ3n) is 4.41. The minimum atomic E-state index is -1.83. The van der Waals surface area contributed by atoms with Crippen LogP contribution in [-0.4, -0.2) is 23.3 Å². The highest BCUT2D eigenvalue weighted by atomic mass is 16.3. The summed E-state index contributed by atoms with van der Waals surface area (Å²) in [5.74, 6) is -0.0360. The zero-order valence-electron chi connectivity index (χ0n) is 13.9. The molecule has 1 N–H and O–H groups in total. The average molecular weight is 327 g/mol. The predicted octanol–water partition coefficient (Wildman–Crippen LogP) is 3.20. The van der Waals surface area contributed by atoms with Crippen LogP contribution >= 0.6 is 0 Å². The number of hydrogen-bond acceptors (Lipinski definition) is 4. The van der Waals surface area contributed by atoms with E-state index >= 15 is 0 Å². The molecule has 0 saturated heterocycles. The molecular weight excluding hydrogens is 306 g/mol. The van der Waals surface area contributed by atoms with Crippen LogP contribution in [0, 0.1) is 6.92 Å². The largest absolute Gasteiger partial charge is 0.458 e. The van der Waals surface area contributed by atoms with Crippen LogP contribution < -0.4 is 4.90 Å². The number of para-hydroxylation sites is 1. The molecule has 0 unspecified atom stereocenters. The fourth-order valence-corrected chi connectivity index (χ4v) is 3.12. The van der Waals surface area contributed by atoms with Gasteiger partial charge in [0.15, 0.2) is 11.4 Å². The number of carbonyl (C=O) groups excluding carboxylic acids is 2. The van der Waals surface area contributed by atoms with Crippen molar-refractivity contribution in [3.8, 4) is 0 Å². The zero-order valence-corrected chi connectivity index (χ0v) is 13.9. The first-order valence-electron chi connectivity index (χ1n) is 8.21. The number of hydrogen-bond donors (Lipinski definition) is 1. The van der Waals surface area contributed by atoms with Gasteiger partial charge in [0, 0.05) is 12.1 Å². The van der Waals surface area contributed by atoms with Crippen LogP contribution in [-0.2, 0) is 10.4 Å². The van der Waals surface area contributed by atoms with Gasteiger partial charge in [-0.1, -0.05) is 31.5 Å². The molecule has 1 aliphatic heterocycles. The van der Waals surface area contributed by atoms with Gasteiger partial charge < -0.3 is 14.4 Å². The third-order valence-corrected chi connectivity index (χ3v) is 4.41. The summed E-state index contributed by atoms with van der Waals surface area (Å²) in [6.07, 6.45) is 1.45. The fraction of sp³-hybridized carbons (Fsp3) is 0.368. The predicted molar refractivity (Wildman–Crippen MR) is 90.0 cm³/mol. The van der Waals surface area contributed by atoms with Gasteiger partial charge in [-0.3, -0.25) is 9.59 Å². The van der Waals surface area contributed by atoms with E-state index in [2.05, 4.69) is 0 Å². The lowest BCUT2D eigenvalue weighted by atomic mass is 9.89. The van der Waals surface area contributed by atoms with Crippen LogP contribution in [0.15, 0.2) is 40.8 Å². The maximum absolute atomic E-state index is 12.9. The lowest BCUT2D eigenvalue weighted by Gasteiger charge is -2.22. The van der Waals surface area contributed by atoms with Crippen LogP contribution in [0.4, 0.5) is 5.69 Å². The van der Waals surface area contributed by atoms with Gasteiger partial charge >= 0.3 is 0 Å². The van der Waals surface area contributed by atoms with Crippen molar-refractivity contribution < 1.29 is 19.1 Å². The molecule has 0 radical (unpaired) electrons. The lowest BCUT2D eigenvalue weighted by molar-refractivity contribution is -0.135.